The first-order valence-corrected chi connectivity index (χ1v) is 9.47. The number of aliphatic carboxylic acids is 1. The summed E-state index contributed by atoms with van der Waals surface area (Å²) in [5.41, 5.74) is 0.539. The fourth-order valence-corrected chi connectivity index (χ4v) is 3.99. The lowest BCUT2D eigenvalue weighted by molar-refractivity contribution is -0.138. The van der Waals surface area contributed by atoms with Gasteiger partial charge in [0.25, 0.3) is 0 Å². The highest BCUT2D eigenvalue weighted by atomic mass is 35.5. The molecule has 1 aromatic carbocycles. The molecule has 2 aliphatic rings. The summed E-state index contributed by atoms with van der Waals surface area (Å²) in [4.78, 5) is 25.6. The van der Waals surface area contributed by atoms with Crippen LogP contribution < -0.4 is 5.32 Å². The average molecular weight is 383 g/mol. The van der Waals surface area contributed by atoms with Crippen molar-refractivity contribution in [2.75, 3.05) is 13.1 Å². The van der Waals surface area contributed by atoms with E-state index in [1.54, 1.807) is 6.07 Å². The van der Waals surface area contributed by atoms with Crippen molar-refractivity contribution in [2.24, 2.45) is 5.92 Å². The van der Waals surface area contributed by atoms with Crippen LogP contribution in [0, 0.1) is 11.7 Å². The minimum Gasteiger partial charge on any atom is -0.481 e. The standard InChI is InChI=1S/C19H24ClFN2O3/c20-14-5-13(6-15(21)8-14)7-18(24)22-10-17-4-3-16(9-19(25)26)23(17)11-12-1-2-12/h5-6,8,12,16-17H,1-4,7,9-11H2,(H,22,24)(H,25,26)/t16-,17+/m1/s1. The largest absolute Gasteiger partial charge is 0.481 e. The summed E-state index contributed by atoms with van der Waals surface area (Å²) in [5, 5.41) is 12.3. The van der Waals surface area contributed by atoms with Gasteiger partial charge >= 0.3 is 5.97 Å². The van der Waals surface area contributed by atoms with Gasteiger partial charge in [0.2, 0.25) is 5.91 Å². The van der Waals surface area contributed by atoms with Crippen LogP contribution in [0.15, 0.2) is 18.2 Å². The fraction of sp³-hybridized carbons (Fsp3) is 0.579. The molecule has 26 heavy (non-hydrogen) atoms. The van der Waals surface area contributed by atoms with Gasteiger partial charge in [0.05, 0.1) is 12.8 Å². The number of hydrogen-bond donors (Lipinski definition) is 2. The summed E-state index contributed by atoms with van der Waals surface area (Å²) in [6, 6.07) is 4.32. The Morgan fingerprint density at radius 2 is 1.92 bits per heavy atom. The molecule has 2 atom stereocenters. The van der Waals surface area contributed by atoms with Crippen LogP contribution in [-0.4, -0.2) is 47.1 Å². The number of nitrogens with zero attached hydrogens (tertiary/aromatic N) is 1. The topological polar surface area (TPSA) is 69.6 Å². The summed E-state index contributed by atoms with van der Waals surface area (Å²) >= 11 is 5.82. The van der Waals surface area contributed by atoms with E-state index in [0.29, 0.717) is 18.0 Å². The third-order valence-corrected chi connectivity index (χ3v) is 5.39. The molecule has 2 fully saturated rings. The minimum atomic E-state index is -0.775. The number of halogens is 2. The summed E-state index contributed by atoms with van der Waals surface area (Å²) < 4.78 is 13.4. The first-order valence-electron chi connectivity index (χ1n) is 9.10. The number of amides is 1. The van der Waals surface area contributed by atoms with Crippen LogP contribution in [0.25, 0.3) is 0 Å². The average Bonchev–Trinajstić information content (AvgIpc) is 3.27. The Labute approximate surface area is 157 Å². The lowest BCUT2D eigenvalue weighted by Gasteiger charge is -2.29. The molecule has 3 rings (SSSR count). The Balaban J connectivity index is 1.53. The predicted octanol–water partition coefficient (Wildman–Crippen LogP) is 2.86. The van der Waals surface area contributed by atoms with Gasteiger partial charge in [-0.2, -0.15) is 0 Å². The van der Waals surface area contributed by atoms with Gasteiger partial charge in [-0.1, -0.05) is 11.6 Å². The minimum absolute atomic E-state index is 0.0528. The molecule has 0 spiro atoms. The smallest absolute Gasteiger partial charge is 0.304 e. The zero-order valence-electron chi connectivity index (χ0n) is 14.6. The van der Waals surface area contributed by atoms with E-state index >= 15 is 0 Å². The lowest BCUT2D eigenvalue weighted by atomic mass is 10.1. The zero-order valence-corrected chi connectivity index (χ0v) is 15.3. The van der Waals surface area contributed by atoms with Crippen LogP contribution in [0.2, 0.25) is 5.02 Å². The molecular formula is C19H24ClFN2O3. The quantitative estimate of drug-likeness (QED) is 0.725. The molecule has 1 aliphatic carbocycles. The van der Waals surface area contributed by atoms with Crippen molar-refractivity contribution in [2.45, 2.75) is 50.6 Å². The number of likely N-dealkylation sites (tertiary alicyclic amines) is 1. The number of carboxylic acid groups (broad SMARTS) is 1. The van der Waals surface area contributed by atoms with Gasteiger partial charge in [-0.3, -0.25) is 14.5 Å². The van der Waals surface area contributed by atoms with Gasteiger partial charge in [0.15, 0.2) is 0 Å². The fourth-order valence-electron chi connectivity index (χ4n) is 3.74. The van der Waals surface area contributed by atoms with Gasteiger partial charge in [0.1, 0.15) is 5.82 Å². The summed E-state index contributed by atoms with van der Waals surface area (Å²) in [5.74, 6) is -0.747. The molecule has 2 N–H and O–H groups in total. The second-order valence-corrected chi connectivity index (χ2v) is 7.82. The number of carbonyl (C=O) groups is 2. The lowest BCUT2D eigenvalue weighted by Crippen LogP contribution is -2.45. The number of carbonyl (C=O) groups excluding carboxylic acids is 1. The van der Waals surface area contributed by atoms with Crippen LogP contribution in [0.5, 0.6) is 0 Å². The van der Waals surface area contributed by atoms with E-state index in [4.69, 9.17) is 16.7 Å². The van der Waals surface area contributed by atoms with E-state index < -0.39 is 11.8 Å². The highest BCUT2D eigenvalue weighted by Gasteiger charge is 2.37. The Kier molecular flexibility index (Phi) is 6.14. The van der Waals surface area contributed by atoms with Crippen molar-refractivity contribution in [3.8, 4) is 0 Å². The molecule has 0 bridgehead atoms. The highest BCUT2D eigenvalue weighted by Crippen LogP contribution is 2.35. The molecular weight excluding hydrogens is 359 g/mol. The van der Waals surface area contributed by atoms with Crippen molar-refractivity contribution < 1.29 is 19.1 Å². The van der Waals surface area contributed by atoms with E-state index in [-0.39, 0.29) is 35.9 Å². The summed E-state index contributed by atoms with van der Waals surface area (Å²) in [6.07, 6.45) is 4.37. The Hall–Kier alpha value is -1.66. The second-order valence-electron chi connectivity index (χ2n) is 7.38. The molecule has 1 aromatic rings. The highest BCUT2D eigenvalue weighted by molar-refractivity contribution is 6.30. The molecule has 0 aromatic heterocycles. The van der Waals surface area contributed by atoms with Crippen LogP contribution in [0.1, 0.15) is 37.7 Å². The van der Waals surface area contributed by atoms with Gasteiger partial charge in [-0.25, -0.2) is 4.39 Å². The van der Waals surface area contributed by atoms with Crippen molar-refractivity contribution in [3.05, 3.63) is 34.6 Å². The molecule has 1 saturated heterocycles. The van der Waals surface area contributed by atoms with E-state index in [1.165, 1.54) is 25.0 Å². The van der Waals surface area contributed by atoms with Crippen molar-refractivity contribution >= 4 is 23.5 Å². The zero-order chi connectivity index (χ0) is 18.7. The van der Waals surface area contributed by atoms with Crippen molar-refractivity contribution in [1.29, 1.82) is 0 Å². The number of carboxylic acids is 1. The van der Waals surface area contributed by atoms with Crippen LogP contribution in [0.3, 0.4) is 0 Å². The van der Waals surface area contributed by atoms with Gasteiger partial charge in [0, 0.05) is 30.2 Å². The monoisotopic (exact) mass is 382 g/mol. The van der Waals surface area contributed by atoms with E-state index in [1.807, 2.05) is 0 Å². The maximum atomic E-state index is 13.4. The Morgan fingerprint density at radius 1 is 1.19 bits per heavy atom. The number of benzene rings is 1. The molecule has 1 saturated carbocycles. The molecule has 0 unspecified atom stereocenters. The maximum absolute atomic E-state index is 13.4. The van der Waals surface area contributed by atoms with Gasteiger partial charge in [-0.15, -0.1) is 0 Å². The van der Waals surface area contributed by atoms with Crippen LogP contribution in [-0.2, 0) is 16.0 Å². The third-order valence-electron chi connectivity index (χ3n) is 5.17. The van der Waals surface area contributed by atoms with Crippen LogP contribution in [0.4, 0.5) is 4.39 Å². The van der Waals surface area contributed by atoms with E-state index in [0.717, 1.165) is 19.4 Å². The van der Waals surface area contributed by atoms with Crippen molar-refractivity contribution in [3.63, 3.8) is 0 Å². The van der Waals surface area contributed by atoms with Gasteiger partial charge in [-0.05, 0) is 55.4 Å². The molecule has 7 heteroatoms. The maximum Gasteiger partial charge on any atom is 0.304 e. The molecule has 142 valence electrons. The normalized spacial score (nSPS) is 23.2. The number of rotatable bonds is 8. The van der Waals surface area contributed by atoms with Gasteiger partial charge < -0.3 is 10.4 Å². The Bertz CT molecular complexity index is 660. The Morgan fingerprint density at radius 3 is 2.58 bits per heavy atom. The first-order chi connectivity index (χ1) is 12.4. The predicted molar refractivity (Wildman–Crippen MR) is 96.6 cm³/mol. The van der Waals surface area contributed by atoms with Crippen LogP contribution >= 0.6 is 11.6 Å². The third kappa shape index (κ3) is 5.42. The molecule has 0 radical (unpaired) electrons. The SMILES string of the molecule is O=C(O)C[C@H]1CC[C@@H](CNC(=O)Cc2cc(F)cc(Cl)c2)N1CC1CC1. The molecule has 1 aliphatic heterocycles. The van der Waals surface area contributed by atoms with E-state index in [9.17, 15) is 14.0 Å². The number of nitrogens with one attached hydrogen (secondary N) is 1. The molecule has 5 nitrogen and oxygen atoms in total. The van der Waals surface area contributed by atoms with Crippen molar-refractivity contribution in [1.82, 2.24) is 10.2 Å². The van der Waals surface area contributed by atoms with E-state index in [2.05, 4.69) is 10.2 Å². The molecule has 1 heterocycles. The second kappa shape index (κ2) is 8.35. The number of hydrogen-bond acceptors (Lipinski definition) is 3. The summed E-state index contributed by atoms with van der Waals surface area (Å²) in [6.45, 7) is 1.41. The summed E-state index contributed by atoms with van der Waals surface area (Å²) in [7, 11) is 0. The molecule has 1 amide bonds. The first kappa shape index (κ1) is 19.1.